The minimum Gasteiger partial charge on any atom is -0.316 e. The van der Waals surface area contributed by atoms with Gasteiger partial charge in [-0.1, -0.05) is 0 Å². The summed E-state index contributed by atoms with van der Waals surface area (Å²) in [7, 11) is 0. The topological polar surface area (TPSA) is 15.3 Å². The number of nitrogens with zero attached hydrogens (tertiary/aromatic N) is 1. The Morgan fingerprint density at radius 3 is 2.92 bits per heavy atom. The minimum absolute atomic E-state index is 0.952. The van der Waals surface area contributed by atoms with Crippen LogP contribution < -0.4 is 5.32 Å². The molecule has 0 saturated carbocycles. The lowest BCUT2D eigenvalue weighted by Crippen LogP contribution is -2.48. The summed E-state index contributed by atoms with van der Waals surface area (Å²) in [6.45, 7) is 6.51. The zero-order valence-electron chi connectivity index (χ0n) is 7.59. The second-order valence-corrected chi connectivity index (χ2v) is 5.02. The maximum absolute atomic E-state index is 3.33. The number of hydrogen-bond donors (Lipinski definition) is 1. The average molecular weight is 186 g/mol. The summed E-state index contributed by atoms with van der Waals surface area (Å²) in [6, 6.07) is 0. The summed E-state index contributed by atoms with van der Waals surface area (Å²) >= 11 is 2.11. The van der Waals surface area contributed by atoms with E-state index in [0.29, 0.717) is 0 Å². The van der Waals surface area contributed by atoms with Crippen LogP contribution in [0.2, 0.25) is 0 Å². The first kappa shape index (κ1) is 8.85. The van der Waals surface area contributed by atoms with Gasteiger partial charge in [-0.3, -0.25) is 0 Å². The average Bonchev–Trinajstić information content (AvgIpc) is 2.24. The predicted molar refractivity (Wildman–Crippen MR) is 54.7 cm³/mol. The standard InChI is InChI=1S/C9H18N2S/c1-2-11(3-5-12-4-1)8-9-6-10-7-9/h9-10H,1-8H2. The minimum atomic E-state index is 0.952. The number of thioether (sulfide) groups is 1. The number of hydrogen-bond acceptors (Lipinski definition) is 3. The summed E-state index contributed by atoms with van der Waals surface area (Å²) in [5.41, 5.74) is 0. The van der Waals surface area contributed by atoms with Gasteiger partial charge in [0.25, 0.3) is 0 Å². The van der Waals surface area contributed by atoms with Crippen LogP contribution in [0.25, 0.3) is 0 Å². The van der Waals surface area contributed by atoms with Crippen molar-refractivity contribution >= 4 is 11.8 Å². The fraction of sp³-hybridized carbons (Fsp3) is 1.00. The number of rotatable bonds is 2. The van der Waals surface area contributed by atoms with Crippen molar-refractivity contribution in [2.75, 3.05) is 44.2 Å². The fourth-order valence-corrected chi connectivity index (χ4v) is 2.75. The molecule has 3 heteroatoms. The Kier molecular flexibility index (Phi) is 3.31. The highest BCUT2D eigenvalue weighted by Gasteiger charge is 2.20. The first-order valence-corrected chi connectivity index (χ1v) is 6.11. The van der Waals surface area contributed by atoms with Gasteiger partial charge in [0.05, 0.1) is 0 Å². The smallest absolute Gasteiger partial charge is 0.00725 e. The number of nitrogens with one attached hydrogen (secondary N) is 1. The molecule has 0 bridgehead atoms. The lowest BCUT2D eigenvalue weighted by atomic mass is 10.0. The van der Waals surface area contributed by atoms with Crippen LogP contribution in [0.3, 0.4) is 0 Å². The van der Waals surface area contributed by atoms with Crippen molar-refractivity contribution < 1.29 is 0 Å². The van der Waals surface area contributed by atoms with E-state index in [2.05, 4.69) is 22.0 Å². The molecule has 0 atom stereocenters. The molecular formula is C9H18N2S. The van der Waals surface area contributed by atoms with Crippen molar-refractivity contribution in [1.82, 2.24) is 10.2 Å². The molecule has 1 N–H and O–H groups in total. The monoisotopic (exact) mass is 186 g/mol. The molecule has 70 valence electrons. The van der Waals surface area contributed by atoms with Gasteiger partial charge in [-0.25, -0.2) is 0 Å². The van der Waals surface area contributed by atoms with Gasteiger partial charge < -0.3 is 10.2 Å². The van der Waals surface area contributed by atoms with Gasteiger partial charge in [0.15, 0.2) is 0 Å². The van der Waals surface area contributed by atoms with Crippen LogP contribution >= 0.6 is 11.8 Å². The van der Waals surface area contributed by atoms with E-state index in [4.69, 9.17) is 0 Å². The molecule has 0 amide bonds. The van der Waals surface area contributed by atoms with Crippen molar-refractivity contribution in [3.63, 3.8) is 0 Å². The maximum atomic E-state index is 3.33. The SMILES string of the molecule is C1CSCCN(CC2CNC2)C1. The molecule has 0 aromatic heterocycles. The molecule has 0 aliphatic carbocycles. The predicted octanol–water partition coefficient (Wildman–Crippen LogP) is 0.645. The quantitative estimate of drug-likeness (QED) is 0.681. The summed E-state index contributed by atoms with van der Waals surface area (Å²) in [6.07, 6.45) is 1.39. The maximum Gasteiger partial charge on any atom is 0.00725 e. The Morgan fingerprint density at radius 1 is 1.25 bits per heavy atom. The van der Waals surface area contributed by atoms with E-state index in [1.165, 1.54) is 50.7 Å². The molecule has 2 aliphatic rings. The van der Waals surface area contributed by atoms with Gasteiger partial charge >= 0.3 is 0 Å². The van der Waals surface area contributed by atoms with Gasteiger partial charge in [0, 0.05) is 31.9 Å². The molecule has 2 fully saturated rings. The molecule has 2 nitrogen and oxygen atoms in total. The van der Waals surface area contributed by atoms with Crippen LogP contribution in [0.5, 0.6) is 0 Å². The molecule has 0 radical (unpaired) electrons. The third kappa shape index (κ3) is 2.38. The zero-order chi connectivity index (χ0) is 8.23. The highest BCUT2D eigenvalue weighted by Crippen LogP contribution is 2.12. The van der Waals surface area contributed by atoms with Gasteiger partial charge in [-0.05, 0) is 24.6 Å². The highest BCUT2D eigenvalue weighted by molar-refractivity contribution is 7.99. The fourth-order valence-electron chi connectivity index (χ4n) is 1.82. The van der Waals surface area contributed by atoms with Crippen LogP contribution in [0, 0.1) is 5.92 Å². The molecule has 2 aliphatic heterocycles. The van der Waals surface area contributed by atoms with Crippen LogP contribution in [0.1, 0.15) is 6.42 Å². The second kappa shape index (κ2) is 4.49. The molecule has 0 aromatic rings. The Morgan fingerprint density at radius 2 is 2.17 bits per heavy atom. The van der Waals surface area contributed by atoms with Crippen molar-refractivity contribution in [3.05, 3.63) is 0 Å². The van der Waals surface area contributed by atoms with Crippen LogP contribution in [0.4, 0.5) is 0 Å². The van der Waals surface area contributed by atoms with Crippen molar-refractivity contribution in [3.8, 4) is 0 Å². The molecule has 2 saturated heterocycles. The lowest BCUT2D eigenvalue weighted by molar-refractivity contribution is 0.204. The molecule has 0 spiro atoms. The molecule has 12 heavy (non-hydrogen) atoms. The summed E-state index contributed by atoms with van der Waals surface area (Å²) < 4.78 is 0. The Labute approximate surface area is 79.1 Å². The van der Waals surface area contributed by atoms with Gasteiger partial charge in [-0.15, -0.1) is 0 Å². The normalized spacial score (nSPS) is 28.0. The van der Waals surface area contributed by atoms with E-state index in [0.717, 1.165) is 5.92 Å². The Hall–Kier alpha value is 0.270. The first-order chi connectivity index (χ1) is 5.95. The highest BCUT2D eigenvalue weighted by atomic mass is 32.2. The van der Waals surface area contributed by atoms with Gasteiger partial charge in [0.1, 0.15) is 0 Å². The third-order valence-electron chi connectivity index (χ3n) is 2.70. The van der Waals surface area contributed by atoms with Crippen LogP contribution in [0.15, 0.2) is 0 Å². The van der Waals surface area contributed by atoms with Crippen molar-refractivity contribution in [2.24, 2.45) is 5.92 Å². The van der Waals surface area contributed by atoms with E-state index in [9.17, 15) is 0 Å². The van der Waals surface area contributed by atoms with Crippen molar-refractivity contribution in [2.45, 2.75) is 6.42 Å². The zero-order valence-corrected chi connectivity index (χ0v) is 8.41. The van der Waals surface area contributed by atoms with Gasteiger partial charge in [0.2, 0.25) is 0 Å². The molecular weight excluding hydrogens is 168 g/mol. The lowest BCUT2D eigenvalue weighted by Gasteiger charge is -2.32. The van der Waals surface area contributed by atoms with E-state index >= 15 is 0 Å². The van der Waals surface area contributed by atoms with E-state index in [1.54, 1.807) is 0 Å². The molecule has 0 unspecified atom stereocenters. The van der Waals surface area contributed by atoms with Crippen LogP contribution in [-0.2, 0) is 0 Å². The molecule has 2 rings (SSSR count). The van der Waals surface area contributed by atoms with E-state index in [-0.39, 0.29) is 0 Å². The Bertz CT molecular complexity index is 128. The van der Waals surface area contributed by atoms with E-state index < -0.39 is 0 Å². The van der Waals surface area contributed by atoms with Crippen LogP contribution in [-0.4, -0.2) is 49.1 Å². The summed E-state index contributed by atoms with van der Waals surface area (Å²) in [5.74, 6) is 3.67. The second-order valence-electron chi connectivity index (χ2n) is 3.79. The first-order valence-electron chi connectivity index (χ1n) is 4.96. The van der Waals surface area contributed by atoms with Gasteiger partial charge in [-0.2, -0.15) is 11.8 Å². The summed E-state index contributed by atoms with van der Waals surface area (Å²) in [5, 5.41) is 3.33. The largest absolute Gasteiger partial charge is 0.316 e. The molecule has 2 heterocycles. The van der Waals surface area contributed by atoms with Crippen molar-refractivity contribution in [1.29, 1.82) is 0 Å². The third-order valence-corrected chi connectivity index (χ3v) is 3.75. The summed E-state index contributed by atoms with van der Waals surface area (Å²) in [4.78, 5) is 2.64. The molecule has 0 aromatic carbocycles. The van der Waals surface area contributed by atoms with E-state index in [1.807, 2.05) is 0 Å². The Balaban J connectivity index is 1.69.